The van der Waals surface area contributed by atoms with Gasteiger partial charge in [0.15, 0.2) is 0 Å². The maximum absolute atomic E-state index is 13.9. The Morgan fingerprint density at radius 1 is 1.12 bits per heavy atom. The van der Waals surface area contributed by atoms with E-state index in [0.717, 1.165) is 6.54 Å². The summed E-state index contributed by atoms with van der Waals surface area (Å²) in [5.41, 5.74) is 1.25. The quantitative estimate of drug-likeness (QED) is 0.675. The maximum atomic E-state index is 13.9. The van der Waals surface area contributed by atoms with Gasteiger partial charge in [0.05, 0.1) is 10.8 Å². The van der Waals surface area contributed by atoms with Crippen LogP contribution in [0, 0.1) is 18.7 Å². The molecule has 2 aromatic rings. The zero-order chi connectivity index (χ0) is 24.5. The number of benzene rings is 2. The molecular weight excluding hydrogens is 459 g/mol. The van der Waals surface area contributed by atoms with Gasteiger partial charge in [0, 0.05) is 50.5 Å². The van der Waals surface area contributed by atoms with E-state index in [1.54, 1.807) is 31.2 Å². The molecule has 8 nitrogen and oxygen atoms in total. The van der Waals surface area contributed by atoms with Gasteiger partial charge in [-0.3, -0.25) is 9.59 Å². The normalized spacial score (nSPS) is 20.0. The van der Waals surface area contributed by atoms with E-state index >= 15 is 0 Å². The van der Waals surface area contributed by atoms with E-state index in [1.807, 2.05) is 6.92 Å². The summed E-state index contributed by atoms with van der Waals surface area (Å²) in [6, 6.07) is 10.7. The van der Waals surface area contributed by atoms with Crippen molar-refractivity contribution in [2.75, 3.05) is 49.5 Å². The van der Waals surface area contributed by atoms with Crippen molar-refractivity contribution >= 4 is 33.2 Å². The van der Waals surface area contributed by atoms with E-state index in [2.05, 4.69) is 10.2 Å². The van der Waals surface area contributed by atoms with E-state index in [9.17, 15) is 22.4 Å². The Morgan fingerprint density at radius 2 is 1.85 bits per heavy atom. The highest BCUT2D eigenvalue weighted by molar-refractivity contribution is 7.89. The first-order valence-electron chi connectivity index (χ1n) is 11.4. The second kappa shape index (κ2) is 9.81. The first-order valence-corrected chi connectivity index (χ1v) is 12.8. The monoisotopic (exact) mass is 488 g/mol. The fourth-order valence-electron chi connectivity index (χ4n) is 4.30. The number of nitrogens with one attached hydrogen (secondary N) is 1. The number of nitrogens with zero attached hydrogens (tertiary/aromatic N) is 3. The van der Waals surface area contributed by atoms with Crippen molar-refractivity contribution in [2.45, 2.75) is 25.2 Å². The number of carbonyl (C=O) groups excluding carboxylic acids is 2. The summed E-state index contributed by atoms with van der Waals surface area (Å²) in [5.74, 6) is -1.67. The number of sulfonamides is 1. The first-order chi connectivity index (χ1) is 16.2. The lowest BCUT2D eigenvalue weighted by Gasteiger charge is -2.33. The Bertz CT molecular complexity index is 1200. The molecule has 0 radical (unpaired) electrons. The molecule has 2 saturated heterocycles. The Balaban J connectivity index is 1.43. The summed E-state index contributed by atoms with van der Waals surface area (Å²) < 4.78 is 41.6. The molecule has 0 saturated carbocycles. The largest absolute Gasteiger partial charge is 0.326 e. The second-order valence-corrected chi connectivity index (χ2v) is 10.6. The van der Waals surface area contributed by atoms with Gasteiger partial charge in [0.25, 0.3) is 0 Å². The third kappa shape index (κ3) is 4.98. The van der Waals surface area contributed by atoms with Crippen molar-refractivity contribution in [2.24, 2.45) is 5.92 Å². The molecule has 4 rings (SSSR count). The van der Waals surface area contributed by atoms with Crippen LogP contribution in [0.3, 0.4) is 0 Å². The Hall–Kier alpha value is -2.82. The summed E-state index contributed by atoms with van der Waals surface area (Å²) in [5, 5.41) is 2.75. The van der Waals surface area contributed by atoms with Crippen molar-refractivity contribution in [1.82, 2.24) is 9.21 Å². The lowest BCUT2D eigenvalue weighted by molar-refractivity contribution is -0.122. The summed E-state index contributed by atoms with van der Waals surface area (Å²) in [6.07, 6.45) is 0.00102. The number of hydrogen-bond acceptors (Lipinski definition) is 5. The van der Waals surface area contributed by atoms with Crippen LogP contribution in [0.2, 0.25) is 0 Å². The number of likely N-dealkylation sites (N-methyl/N-ethyl adjacent to an activating group) is 1. The zero-order valence-corrected chi connectivity index (χ0v) is 20.1. The van der Waals surface area contributed by atoms with E-state index in [4.69, 9.17) is 0 Å². The van der Waals surface area contributed by atoms with Crippen LogP contribution in [0.4, 0.5) is 15.8 Å². The smallest absolute Gasteiger partial charge is 0.243 e. The van der Waals surface area contributed by atoms with Crippen molar-refractivity contribution in [3.8, 4) is 0 Å². The zero-order valence-electron chi connectivity index (χ0n) is 19.3. The van der Waals surface area contributed by atoms with Gasteiger partial charge in [-0.05, 0) is 49.4 Å². The van der Waals surface area contributed by atoms with Crippen molar-refractivity contribution < 1.29 is 22.4 Å². The van der Waals surface area contributed by atoms with Crippen LogP contribution in [0.25, 0.3) is 0 Å². The number of carbonyl (C=O) groups is 2. The molecule has 2 amide bonds. The maximum Gasteiger partial charge on any atom is 0.243 e. The molecule has 34 heavy (non-hydrogen) atoms. The van der Waals surface area contributed by atoms with Crippen LogP contribution in [-0.4, -0.2) is 68.7 Å². The van der Waals surface area contributed by atoms with Gasteiger partial charge in [-0.2, -0.15) is 4.31 Å². The number of rotatable bonds is 6. The van der Waals surface area contributed by atoms with Gasteiger partial charge < -0.3 is 15.1 Å². The van der Waals surface area contributed by atoms with Crippen molar-refractivity contribution in [1.29, 1.82) is 0 Å². The van der Waals surface area contributed by atoms with Gasteiger partial charge in [0.2, 0.25) is 21.8 Å². The lowest BCUT2D eigenvalue weighted by Crippen LogP contribution is -2.48. The van der Waals surface area contributed by atoms with E-state index in [1.165, 1.54) is 27.4 Å². The van der Waals surface area contributed by atoms with Crippen LogP contribution < -0.4 is 10.2 Å². The molecule has 1 N–H and O–H groups in total. The number of amides is 2. The molecule has 0 aliphatic carbocycles. The first kappa shape index (κ1) is 24.3. The average molecular weight is 489 g/mol. The van der Waals surface area contributed by atoms with Gasteiger partial charge in [0.1, 0.15) is 5.82 Å². The minimum Gasteiger partial charge on any atom is -0.326 e. The standard InChI is InChI=1S/C24H29FN4O4S/c1-3-27-9-11-28(12-10-27)34(32,33)21-6-4-5-19(14-21)26-24(31)18-13-23(30)29(16-18)20-8-7-17(2)22(25)15-20/h4-8,14-15,18H,3,9-13,16H2,1-2H3,(H,26,31). The molecule has 1 unspecified atom stereocenters. The molecule has 2 aliphatic rings. The van der Waals surface area contributed by atoms with Crippen molar-refractivity contribution in [3.05, 3.63) is 53.8 Å². The molecular formula is C24H29FN4O4S. The predicted octanol–water partition coefficient (Wildman–Crippen LogP) is 2.45. The molecule has 0 bridgehead atoms. The van der Waals surface area contributed by atoms with Crippen molar-refractivity contribution in [3.63, 3.8) is 0 Å². The second-order valence-electron chi connectivity index (χ2n) is 8.69. The minimum atomic E-state index is -3.67. The summed E-state index contributed by atoms with van der Waals surface area (Å²) in [4.78, 5) is 29.1. The molecule has 2 aromatic carbocycles. The summed E-state index contributed by atoms with van der Waals surface area (Å²) in [6.45, 7) is 6.92. The predicted molar refractivity (Wildman–Crippen MR) is 128 cm³/mol. The molecule has 0 aromatic heterocycles. The Kier molecular flexibility index (Phi) is 7.01. The number of hydrogen-bond donors (Lipinski definition) is 1. The molecule has 2 fully saturated rings. The van der Waals surface area contributed by atoms with Gasteiger partial charge in [-0.25, -0.2) is 12.8 Å². The molecule has 1 atom stereocenters. The van der Waals surface area contributed by atoms with E-state index in [-0.39, 0.29) is 29.7 Å². The highest BCUT2D eigenvalue weighted by atomic mass is 32.2. The highest BCUT2D eigenvalue weighted by Crippen LogP contribution is 2.28. The fourth-order valence-corrected chi connectivity index (χ4v) is 5.76. The van der Waals surface area contributed by atoms with Crippen LogP contribution in [0.15, 0.2) is 47.4 Å². The number of aryl methyl sites for hydroxylation is 1. The van der Waals surface area contributed by atoms with Gasteiger partial charge in [-0.1, -0.05) is 19.1 Å². The molecule has 182 valence electrons. The van der Waals surface area contributed by atoms with Crippen LogP contribution in [-0.2, 0) is 19.6 Å². The summed E-state index contributed by atoms with van der Waals surface area (Å²) in [7, 11) is -3.67. The van der Waals surface area contributed by atoms with Crippen LogP contribution in [0.5, 0.6) is 0 Å². The molecule has 10 heteroatoms. The Labute approximate surface area is 199 Å². The van der Waals surface area contributed by atoms with Crippen LogP contribution >= 0.6 is 0 Å². The number of anilines is 2. The number of piperazine rings is 1. The summed E-state index contributed by atoms with van der Waals surface area (Å²) >= 11 is 0. The van der Waals surface area contributed by atoms with Gasteiger partial charge in [-0.15, -0.1) is 0 Å². The van der Waals surface area contributed by atoms with E-state index < -0.39 is 21.8 Å². The minimum absolute atomic E-state index is 0.00102. The lowest BCUT2D eigenvalue weighted by atomic mass is 10.1. The van der Waals surface area contributed by atoms with Crippen LogP contribution in [0.1, 0.15) is 18.9 Å². The molecule has 2 heterocycles. The van der Waals surface area contributed by atoms with E-state index in [0.29, 0.717) is 43.1 Å². The van der Waals surface area contributed by atoms with Gasteiger partial charge >= 0.3 is 0 Å². The topological polar surface area (TPSA) is 90.0 Å². The molecule has 2 aliphatic heterocycles. The third-order valence-corrected chi connectivity index (χ3v) is 8.38. The SMILES string of the molecule is CCN1CCN(S(=O)(=O)c2cccc(NC(=O)C3CC(=O)N(c4ccc(C)c(F)c4)C3)c2)CC1. The average Bonchev–Trinajstić information content (AvgIpc) is 3.23. The molecule has 0 spiro atoms. The number of halogens is 1. The Morgan fingerprint density at radius 3 is 2.53 bits per heavy atom. The highest BCUT2D eigenvalue weighted by Gasteiger charge is 2.35. The fraction of sp³-hybridized carbons (Fsp3) is 0.417. The third-order valence-electron chi connectivity index (χ3n) is 6.48.